The van der Waals surface area contributed by atoms with E-state index in [0.29, 0.717) is 23.1 Å². The summed E-state index contributed by atoms with van der Waals surface area (Å²) in [6, 6.07) is 5.48. The minimum Gasteiger partial charge on any atom is -0.488 e. The van der Waals surface area contributed by atoms with Gasteiger partial charge in [-0.25, -0.2) is 4.98 Å². The van der Waals surface area contributed by atoms with Crippen LogP contribution in [0.3, 0.4) is 0 Å². The molecular formula is C19H20ClN3O2. The Morgan fingerprint density at radius 1 is 1.40 bits per heavy atom. The molecule has 1 fully saturated rings. The summed E-state index contributed by atoms with van der Waals surface area (Å²) in [4.78, 5) is 19.0. The lowest BCUT2D eigenvalue weighted by Gasteiger charge is -2.34. The molecule has 6 heteroatoms. The highest BCUT2D eigenvalue weighted by molar-refractivity contribution is 6.30. The molecule has 0 saturated carbocycles. The molecule has 0 spiro atoms. The Labute approximate surface area is 151 Å². The highest BCUT2D eigenvalue weighted by atomic mass is 35.5. The Morgan fingerprint density at radius 2 is 2.32 bits per heavy atom. The van der Waals surface area contributed by atoms with Crippen molar-refractivity contribution in [3.05, 3.63) is 53.1 Å². The van der Waals surface area contributed by atoms with Crippen LogP contribution in [-0.2, 0) is 11.3 Å². The SMILES string of the molecule is O=C(C1=Cc2cc(Cl)ccc2OC1)N1CCC[C@H](Cn2ccnc2)C1. The second-order valence-corrected chi connectivity index (χ2v) is 7.10. The molecule has 25 heavy (non-hydrogen) atoms. The number of benzene rings is 1. The molecule has 3 heterocycles. The van der Waals surface area contributed by atoms with Gasteiger partial charge in [0.25, 0.3) is 5.91 Å². The first-order chi connectivity index (χ1) is 12.2. The van der Waals surface area contributed by atoms with Gasteiger partial charge in [0.05, 0.1) is 11.9 Å². The molecule has 0 bridgehead atoms. The summed E-state index contributed by atoms with van der Waals surface area (Å²) in [5.74, 6) is 1.30. The molecule has 1 amide bonds. The van der Waals surface area contributed by atoms with Crippen LogP contribution in [0.2, 0.25) is 5.02 Å². The van der Waals surface area contributed by atoms with Gasteiger partial charge in [0.15, 0.2) is 0 Å². The third kappa shape index (κ3) is 3.56. The maximum absolute atomic E-state index is 12.9. The molecule has 2 aliphatic rings. The van der Waals surface area contributed by atoms with Crippen molar-refractivity contribution in [3.8, 4) is 5.75 Å². The molecule has 0 N–H and O–H groups in total. The van der Waals surface area contributed by atoms with Gasteiger partial charge >= 0.3 is 0 Å². The van der Waals surface area contributed by atoms with Crippen molar-refractivity contribution in [2.75, 3.05) is 19.7 Å². The molecule has 2 aromatic rings. The van der Waals surface area contributed by atoms with Crippen LogP contribution in [-0.4, -0.2) is 40.1 Å². The van der Waals surface area contributed by atoms with E-state index in [0.717, 1.165) is 43.8 Å². The maximum atomic E-state index is 12.9. The first-order valence-electron chi connectivity index (χ1n) is 8.57. The number of amides is 1. The molecule has 1 atom stereocenters. The predicted octanol–water partition coefficient (Wildman–Crippen LogP) is 3.25. The number of halogens is 1. The maximum Gasteiger partial charge on any atom is 0.253 e. The largest absolute Gasteiger partial charge is 0.488 e. The van der Waals surface area contributed by atoms with Crippen molar-refractivity contribution in [3.63, 3.8) is 0 Å². The van der Waals surface area contributed by atoms with Gasteiger partial charge in [-0.1, -0.05) is 11.6 Å². The van der Waals surface area contributed by atoms with E-state index in [1.165, 1.54) is 0 Å². The van der Waals surface area contributed by atoms with Crippen molar-refractivity contribution in [1.29, 1.82) is 0 Å². The van der Waals surface area contributed by atoms with Gasteiger partial charge in [-0.15, -0.1) is 0 Å². The number of hydrogen-bond donors (Lipinski definition) is 0. The van der Waals surface area contributed by atoms with E-state index in [9.17, 15) is 4.79 Å². The lowest BCUT2D eigenvalue weighted by Crippen LogP contribution is -2.42. The highest BCUT2D eigenvalue weighted by Gasteiger charge is 2.27. The molecule has 5 nitrogen and oxygen atoms in total. The summed E-state index contributed by atoms with van der Waals surface area (Å²) in [7, 11) is 0. The zero-order valence-corrected chi connectivity index (χ0v) is 14.7. The van der Waals surface area contributed by atoms with E-state index >= 15 is 0 Å². The third-order valence-corrected chi connectivity index (χ3v) is 5.03. The summed E-state index contributed by atoms with van der Waals surface area (Å²) in [5.41, 5.74) is 1.56. The van der Waals surface area contributed by atoms with Gasteiger partial charge in [-0.3, -0.25) is 4.79 Å². The molecule has 130 valence electrons. The third-order valence-electron chi connectivity index (χ3n) is 4.79. The number of carbonyl (C=O) groups is 1. The van der Waals surface area contributed by atoms with Crippen LogP contribution in [0.25, 0.3) is 6.08 Å². The lowest BCUT2D eigenvalue weighted by atomic mass is 9.96. The fraction of sp³-hybridized carbons (Fsp3) is 0.368. The zero-order chi connectivity index (χ0) is 17.2. The van der Waals surface area contributed by atoms with Crippen LogP contribution >= 0.6 is 11.6 Å². The number of ether oxygens (including phenoxy) is 1. The molecule has 0 aliphatic carbocycles. The van der Waals surface area contributed by atoms with Gasteiger partial charge < -0.3 is 14.2 Å². The number of carbonyl (C=O) groups excluding carboxylic acids is 1. The van der Waals surface area contributed by atoms with Crippen molar-refractivity contribution in [2.45, 2.75) is 19.4 Å². The van der Waals surface area contributed by atoms with Gasteiger partial charge in [0.1, 0.15) is 12.4 Å². The van der Waals surface area contributed by atoms with Crippen LogP contribution in [0, 0.1) is 5.92 Å². The molecule has 0 unspecified atom stereocenters. The number of imidazole rings is 1. The second-order valence-electron chi connectivity index (χ2n) is 6.66. The summed E-state index contributed by atoms with van der Waals surface area (Å²) in [5, 5.41) is 0.644. The summed E-state index contributed by atoms with van der Waals surface area (Å²) < 4.78 is 7.81. The Bertz CT molecular complexity index is 801. The minimum absolute atomic E-state index is 0.0703. The quantitative estimate of drug-likeness (QED) is 0.847. The summed E-state index contributed by atoms with van der Waals surface area (Å²) in [6.07, 6.45) is 9.67. The first kappa shape index (κ1) is 16.2. The average Bonchev–Trinajstić information content (AvgIpc) is 3.13. The van der Waals surface area contributed by atoms with Crippen LogP contribution in [0.1, 0.15) is 18.4 Å². The Balaban J connectivity index is 1.47. The number of rotatable bonds is 3. The van der Waals surface area contributed by atoms with Crippen LogP contribution < -0.4 is 4.74 Å². The van der Waals surface area contributed by atoms with Gasteiger partial charge in [0, 0.05) is 42.6 Å². The van der Waals surface area contributed by atoms with Crippen molar-refractivity contribution in [2.24, 2.45) is 5.92 Å². The number of aromatic nitrogens is 2. The molecular weight excluding hydrogens is 338 g/mol. The van der Waals surface area contributed by atoms with E-state index in [2.05, 4.69) is 9.55 Å². The fourth-order valence-electron chi connectivity index (χ4n) is 3.57. The smallest absolute Gasteiger partial charge is 0.253 e. The molecule has 0 radical (unpaired) electrons. The minimum atomic E-state index is 0.0703. The van der Waals surface area contributed by atoms with E-state index in [1.54, 1.807) is 12.3 Å². The van der Waals surface area contributed by atoms with Crippen molar-refractivity contribution in [1.82, 2.24) is 14.5 Å². The van der Waals surface area contributed by atoms with E-state index in [1.807, 2.05) is 35.6 Å². The molecule has 2 aliphatic heterocycles. The second kappa shape index (κ2) is 6.92. The van der Waals surface area contributed by atoms with Gasteiger partial charge in [0.2, 0.25) is 0 Å². The first-order valence-corrected chi connectivity index (χ1v) is 8.95. The lowest BCUT2D eigenvalue weighted by molar-refractivity contribution is -0.129. The van der Waals surface area contributed by atoms with E-state index in [-0.39, 0.29) is 5.91 Å². The average molecular weight is 358 g/mol. The predicted molar refractivity (Wildman–Crippen MR) is 96.5 cm³/mol. The molecule has 1 aromatic carbocycles. The highest BCUT2D eigenvalue weighted by Crippen LogP contribution is 2.30. The molecule has 1 saturated heterocycles. The Hall–Kier alpha value is -2.27. The van der Waals surface area contributed by atoms with Crippen molar-refractivity contribution < 1.29 is 9.53 Å². The normalized spacial score (nSPS) is 19.8. The van der Waals surface area contributed by atoms with E-state index < -0.39 is 0 Å². The summed E-state index contributed by atoms with van der Waals surface area (Å²) >= 11 is 6.05. The van der Waals surface area contributed by atoms with Crippen LogP contribution in [0.5, 0.6) is 5.75 Å². The van der Waals surface area contributed by atoms with Crippen molar-refractivity contribution >= 4 is 23.6 Å². The van der Waals surface area contributed by atoms with Gasteiger partial charge in [-0.2, -0.15) is 0 Å². The number of fused-ring (bicyclic) bond motifs is 1. The number of piperidine rings is 1. The summed E-state index contributed by atoms with van der Waals surface area (Å²) in [6.45, 7) is 2.80. The monoisotopic (exact) mass is 357 g/mol. The van der Waals surface area contributed by atoms with E-state index in [4.69, 9.17) is 16.3 Å². The van der Waals surface area contributed by atoms with Crippen LogP contribution in [0.4, 0.5) is 0 Å². The van der Waals surface area contributed by atoms with Gasteiger partial charge in [-0.05, 0) is 43.0 Å². The fourth-order valence-corrected chi connectivity index (χ4v) is 3.75. The number of nitrogens with zero attached hydrogens (tertiary/aromatic N) is 3. The number of likely N-dealkylation sites (tertiary alicyclic amines) is 1. The Morgan fingerprint density at radius 3 is 3.16 bits per heavy atom. The topological polar surface area (TPSA) is 47.4 Å². The molecule has 4 rings (SSSR count). The standard InChI is InChI=1S/C19H20ClN3O2/c20-17-3-4-18-15(9-17)8-16(12-25-18)19(24)23-6-1-2-14(11-23)10-22-7-5-21-13-22/h3-5,7-9,13-14H,1-2,6,10-12H2/t14-/m1/s1. The zero-order valence-electron chi connectivity index (χ0n) is 13.9. The number of hydrogen-bond acceptors (Lipinski definition) is 3. The van der Waals surface area contributed by atoms with Crippen LogP contribution in [0.15, 0.2) is 42.5 Å². The Kier molecular flexibility index (Phi) is 4.49. The molecule has 1 aromatic heterocycles.